The average molecular weight is 240 g/mol. The summed E-state index contributed by atoms with van der Waals surface area (Å²) in [6.45, 7) is 16.4. The molecule has 1 rings (SSSR count). The molecule has 1 atom stereocenters. The summed E-state index contributed by atoms with van der Waals surface area (Å²) in [5.41, 5.74) is 0. The van der Waals surface area contributed by atoms with E-state index in [0.717, 1.165) is 30.8 Å². The first-order valence-corrected chi connectivity index (χ1v) is 7.43. The Balaban J connectivity index is 2.18. The maximum absolute atomic E-state index is 3.57. The van der Waals surface area contributed by atoms with Crippen molar-refractivity contribution in [2.24, 2.45) is 17.8 Å². The highest BCUT2D eigenvalue weighted by molar-refractivity contribution is 4.79. The minimum atomic E-state index is 0.697. The number of hydrogen-bond donors (Lipinski definition) is 1. The minimum absolute atomic E-state index is 0.697. The lowest BCUT2D eigenvalue weighted by Gasteiger charge is -2.29. The minimum Gasteiger partial charge on any atom is -0.316 e. The molecule has 0 heterocycles. The Morgan fingerprint density at radius 3 is 2.18 bits per heavy atom. The molecule has 1 fully saturated rings. The van der Waals surface area contributed by atoms with E-state index in [4.69, 9.17) is 0 Å². The molecule has 0 aliphatic heterocycles. The Bertz CT molecular complexity index is 197. The molecule has 0 spiro atoms. The van der Waals surface area contributed by atoms with Crippen LogP contribution in [0.25, 0.3) is 0 Å². The normalized spacial score (nSPS) is 18.4. The van der Waals surface area contributed by atoms with Crippen molar-refractivity contribution < 1.29 is 0 Å². The SMILES string of the molecule is CC(C)CNCC(C)CN(CC1CC1)C(C)C. The quantitative estimate of drug-likeness (QED) is 0.666. The van der Waals surface area contributed by atoms with Crippen LogP contribution in [0.5, 0.6) is 0 Å². The highest BCUT2D eigenvalue weighted by atomic mass is 15.2. The first-order chi connectivity index (χ1) is 7.99. The summed E-state index contributed by atoms with van der Waals surface area (Å²) in [5, 5.41) is 3.57. The van der Waals surface area contributed by atoms with Gasteiger partial charge in [-0.3, -0.25) is 0 Å². The van der Waals surface area contributed by atoms with Crippen molar-refractivity contribution in [3.8, 4) is 0 Å². The Kier molecular flexibility index (Phi) is 6.50. The monoisotopic (exact) mass is 240 g/mol. The highest BCUT2D eigenvalue weighted by Crippen LogP contribution is 2.30. The van der Waals surface area contributed by atoms with Gasteiger partial charge < -0.3 is 10.2 Å². The average Bonchev–Trinajstić information content (AvgIpc) is 2.99. The Morgan fingerprint density at radius 1 is 1.06 bits per heavy atom. The van der Waals surface area contributed by atoms with Crippen molar-refractivity contribution in [1.29, 1.82) is 0 Å². The molecule has 2 nitrogen and oxygen atoms in total. The maximum Gasteiger partial charge on any atom is 0.00388 e. The number of nitrogens with zero attached hydrogens (tertiary/aromatic N) is 1. The maximum atomic E-state index is 3.57. The molecule has 17 heavy (non-hydrogen) atoms. The Morgan fingerprint density at radius 2 is 1.71 bits per heavy atom. The first kappa shape index (κ1) is 15.0. The number of hydrogen-bond acceptors (Lipinski definition) is 2. The summed E-state index contributed by atoms with van der Waals surface area (Å²) < 4.78 is 0. The van der Waals surface area contributed by atoms with Crippen LogP contribution in [-0.4, -0.2) is 37.1 Å². The Hall–Kier alpha value is -0.0800. The van der Waals surface area contributed by atoms with Gasteiger partial charge in [-0.05, 0) is 57.5 Å². The molecule has 102 valence electrons. The third-order valence-corrected chi connectivity index (χ3v) is 3.51. The first-order valence-electron chi connectivity index (χ1n) is 7.43. The van der Waals surface area contributed by atoms with E-state index in [1.165, 1.54) is 25.9 Å². The standard InChI is InChI=1S/C15H32N2/c1-12(2)8-16-9-14(5)10-17(13(3)4)11-15-6-7-15/h12-16H,6-11H2,1-5H3. The smallest absolute Gasteiger partial charge is 0.00388 e. The van der Waals surface area contributed by atoms with Gasteiger partial charge in [0.1, 0.15) is 0 Å². The van der Waals surface area contributed by atoms with Crippen molar-refractivity contribution in [2.45, 2.75) is 53.5 Å². The van der Waals surface area contributed by atoms with Crippen molar-refractivity contribution >= 4 is 0 Å². The van der Waals surface area contributed by atoms with E-state index in [1.807, 2.05) is 0 Å². The highest BCUT2D eigenvalue weighted by Gasteiger charge is 2.25. The fraction of sp³-hybridized carbons (Fsp3) is 1.00. The lowest BCUT2D eigenvalue weighted by Crippen LogP contribution is -2.39. The second-order valence-electron chi connectivity index (χ2n) is 6.65. The molecule has 0 saturated heterocycles. The van der Waals surface area contributed by atoms with Gasteiger partial charge in [-0.2, -0.15) is 0 Å². The van der Waals surface area contributed by atoms with E-state index >= 15 is 0 Å². The van der Waals surface area contributed by atoms with E-state index in [-0.39, 0.29) is 0 Å². The third-order valence-electron chi connectivity index (χ3n) is 3.51. The third kappa shape index (κ3) is 7.05. The fourth-order valence-corrected chi connectivity index (χ4v) is 2.21. The summed E-state index contributed by atoms with van der Waals surface area (Å²) in [6.07, 6.45) is 2.92. The van der Waals surface area contributed by atoms with Gasteiger partial charge in [-0.15, -0.1) is 0 Å². The van der Waals surface area contributed by atoms with E-state index in [2.05, 4.69) is 44.8 Å². The molecule has 0 aromatic heterocycles. The van der Waals surface area contributed by atoms with Crippen molar-refractivity contribution in [3.63, 3.8) is 0 Å². The second kappa shape index (κ2) is 7.38. The molecular formula is C15H32N2. The van der Waals surface area contributed by atoms with Gasteiger partial charge in [0.15, 0.2) is 0 Å². The molecule has 0 bridgehead atoms. The molecule has 1 aliphatic rings. The van der Waals surface area contributed by atoms with Gasteiger partial charge in [-0.25, -0.2) is 0 Å². The predicted molar refractivity (Wildman–Crippen MR) is 76.3 cm³/mol. The van der Waals surface area contributed by atoms with Gasteiger partial charge in [-0.1, -0.05) is 20.8 Å². The summed E-state index contributed by atoms with van der Waals surface area (Å²) in [4.78, 5) is 2.67. The molecular weight excluding hydrogens is 208 g/mol. The zero-order valence-corrected chi connectivity index (χ0v) is 12.5. The van der Waals surface area contributed by atoms with Crippen molar-refractivity contribution in [3.05, 3.63) is 0 Å². The van der Waals surface area contributed by atoms with Gasteiger partial charge >= 0.3 is 0 Å². The number of rotatable bonds is 9. The molecule has 0 amide bonds. The van der Waals surface area contributed by atoms with Crippen LogP contribution in [0.1, 0.15) is 47.5 Å². The summed E-state index contributed by atoms with van der Waals surface area (Å²) in [6, 6.07) is 0.697. The number of nitrogens with one attached hydrogen (secondary N) is 1. The molecule has 2 heteroatoms. The van der Waals surface area contributed by atoms with Crippen LogP contribution in [0.15, 0.2) is 0 Å². The van der Waals surface area contributed by atoms with Crippen LogP contribution >= 0.6 is 0 Å². The van der Waals surface area contributed by atoms with Crippen LogP contribution in [-0.2, 0) is 0 Å². The summed E-state index contributed by atoms with van der Waals surface area (Å²) in [5.74, 6) is 2.53. The second-order valence-corrected chi connectivity index (χ2v) is 6.65. The topological polar surface area (TPSA) is 15.3 Å². The zero-order chi connectivity index (χ0) is 12.8. The van der Waals surface area contributed by atoms with Crippen molar-refractivity contribution in [1.82, 2.24) is 10.2 Å². The van der Waals surface area contributed by atoms with Gasteiger partial charge in [0.05, 0.1) is 0 Å². The van der Waals surface area contributed by atoms with E-state index in [0.29, 0.717) is 6.04 Å². The van der Waals surface area contributed by atoms with Crippen LogP contribution < -0.4 is 5.32 Å². The lowest BCUT2D eigenvalue weighted by atomic mass is 10.1. The van der Waals surface area contributed by atoms with Gasteiger partial charge in [0, 0.05) is 19.1 Å². The van der Waals surface area contributed by atoms with E-state index in [1.54, 1.807) is 0 Å². The van der Waals surface area contributed by atoms with Crippen molar-refractivity contribution in [2.75, 3.05) is 26.2 Å². The van der Waals surface area contributed by atoms with E-state index < -0.39 is 0 Å². The molecule has 0 radical (unpaired) electrons. The van der Waals surface area contributed by atoms with Crippen LogP contribution in [0.3, 0.4) is 0 Å². The molecule has 1 saturated carbocycles. The molecule has 1 N–H and O–H groups in total. The van der Waals surface area contributed by atoms with Crippen LogP contribution in [0.2, 0.25) is 0 Å². The van der Waals surface area contributed by atoms with Crippen LogP contribution in [0, 0.1) is 17.8 Å². The molecule has 1 unspecified atom stereocenters. The predicted octanol–water partition coefficient (Wildman–Crippen LogP) is 2.99. The van der Waals surface area contributed by atoms with Gasteiger partial charge in [0.25, 0.3) is 0 Å². The Labute approximate surface area is 108 Å². The lowest BCUT2D eigenvalue weighted by molar-refractivity contribution is 0.182. The molecule has 1 aliphatic carbocycles. The fourth-order valence-electron chi connectivity index (χ4n) is 2.21. The molecule has 0 aromatic rings. The van der Waals surface area contributed by atoms with E-state index in [9.17, 15) is 0 Å². The zero-order valence-electron chi connectivity index (χ0n) is 12.5. The summed E-state index contributed by atoms with van der Waals surface area (Å²) in [7, 11) is 0. The molecule has 0 aromatic carbocycles. The summed E-state index contributed by atoms with van der Waals surface area (Å²) >= 11 is 0. The van der Waals surface area contributed by atoms with Gasteiger partial charge in [0.2, 0.25) is 0 Å². The largest absolute Gasteiger partial charge is 0.316 e. The van der Waals surface area contributed by atoms with Crippen LogP contribution in [0.4, 0.5) is 0 Å².